The van der Waals surface area contributed by atoms with Crippen molar-refractivity contribution in [2.75, 3.05) is 14.2 Å². The summed E-state index contributed by atoms with van der Waals surface area (Å²) in [6.07, 6.45) is 0. The van der Waals surface area contributed by atoms with E-state index in [0.717, 1.165) is 10.9 Å². The minimum Gasteiger partial charge on any atom is -0.496 e. The molecule has 0 spiro atoms. The standard InChI is InChI=1S/C20H15FN2O4/c1-24-15-6-4-3-5-13(15)19-14-8-10-18(22-20(14)27-23-19)26-16-9-7-12(21)11-17(16)25-2/h3-11H,1-2H3. The molecule has 0 aliphatic rings. The molecule has 2 heterocycles. The number of fused-ring (bicyclic) bond motifs is 1. The van der Waals surface area contributed by atoms with Gasteiger partial charge in [-0.05, 0) is 30.3 Å². The Hall–Kier alpha value is -3.61. The Bertz CT molecular complexity index is 1110. The molecule has 0 fully saturated rings. The summed E-state index contributed by atoms with van der Waals surface area (Å²) in [6, 6.07) is 15.0. The van der Waals surface area contributed by atoms with Crippen LogP contribution in [0.25, 0.3) is 22.4 Å². The van der Waals surface area contributed by atoms with Crippen LogP contribution >= 0.6 is 0 Å². The molecule has 27 heavy (non-hydrogen) atoms. The van der Waals surface area contributed by atoms with Gasteiger partial charge in [-0.15, -0.1) is 0 Å². The van der Waals surface area contributed by atoms with Crippen molar-refractivity contribution < 1.29 is 23.1 Å². The summed E-state index contributed by atoms with van der Waals surface area (Å²) in [4.78, 5) is 4.33. The van der Waals surface area contributed by atoms with Crippen LogP contribution in [0.15, 0.2) is 59.1 Å². The van der Waals surface area contributed by atoms with Gasteiger partial charge in [-0.2, -0.15) is 4.98 Å². The van der Waals surface area contributed by atoms with Crippen molar-refractivity contribution in [1.29, 1.82) is 0 Å². The molecule has 4 rings (SSSR count). The number of para-hydroxylation sites is 1. The van der Waals surface area contributed by atoms with Gasteiger partial charge in [0.1, 0.15) is 17.3 Å². The number of benzene rings is 2. The van der Waals surface area contributed by atoms with E-state index < -0.39 is 5.82 Å². The highest BCUT2D eigenvalue weighted by molar-refractivity contribution is 5.91. The fourth-order valence-corrected chi connectivity index (χ4v) is 2.74. The van der Waals surface area contributed by atoms with E-state index in [-0.39, 0.29) is 11.6 Å². The fourth-order valence-electron chi connectivity index (χ4n) is 2.74. The number of ether oxygens (including phenoxy) is 3. The third-order valence-corrected chi connectivity index (χ3v) is 4.02. The molecule has 0 unspecified atom stereocenters. The normalized spacial score (nSPS) is 10.8. The van der Waals surface area contributed by atoms with Gasteiger partial charge in [0.2, 0.25) is 5.88 Å². The van der Waals surface area contributed by atoms with E-state index in [4.69, 9.17) is 18.7 Å². The predicted octanol–water partition coefficient (Wildman–Crippen LogP) is 4.84. The Morgan fingerprint density at radius 2 is 1.70 bits per heavy atom. The first-order valence-corrected chi connectivity index (χ1v) is 8.11. The maximum Gasteiger partial charge on any atom is 0.261 e. The molecule has 0 radical (unpaired) electrons. The maximum absolute atomic E-state index is 13.3. The Balaban J connectivity index is 1.71. The molecule has 6 nitrogen and oxygen atoms in total. The predicted molar refractivity (Wildman–Crippen MR) is 96.8 cm³/mol. The molecular formula is C20H15FN2O4. The second kappa shape index (κ2) is 6.95. The summed E-state index contributed by atoms with van der Waals surface area (Å²) >= 11 is 0. The largest absolute Gasteiger partial charge is 0.496 e. The van der Waals surface area contributed by atoms with E-state index in [1.54, 1.807) is 19.2 Å². The molecule has 4 aromatic rings. The lowest BCUT2D eigenvalue weighted by Crippen LogP contribution is -1.93. The van der Waals surface area contributed by atoms with Crippen LogP contribution < -0.4 is 14.2 Å². The topological polar surface area (TPSA) is 66.6 Å². The van der Waals surface area contributed by atoms with Crippen molar-refractivity contribution in [2.24, 2.45) is 0 Å². The highest BCUT2D eigenvalue weighted by atomic mass is 19.1. The number of aromatic nitrogens is 2. The van der Waals surface area contributed by atoms with Crippen molar-refractivity contribution in [2.45, 2.75) is 0 Å². The van der Waals surface area contributed by atoms with E-state index in [1.807, 2.05) is 24.3 Å². The van der Waals surface area contributed by atoms with E-state index in [9.17, 15) is 4.39 Å². The molecular weight excluding hydrogens is 351 g/mol. The van der Waals surface area contributed by atoms with Crippen LogP contribution in [0.1, 0.15) is 0 Å². The minimum atomic E-state index is -0.417. The number of rotatable bonds is 5. The summed E-state index contributed by atoms with van der Waals surface area (Å²) in [5, 5.41) is 4.84. The molecule has 0 bridgehead atoms. The molecule has 0 aliphatic heterocycles. The molecule has 0 saturated heterocycles. The van der Waals surface area contributed by atoms with Crippen LogP contribution in [-0.4, -0.2) is 24.4 Å². The quantitative estimate of drug-likeness (QED) is 0.504. The van der Waals surface area contributed by atoms with E-state index in [2.05, 4.69) is 10.1 Å². The zero-order valence-corrected chi connectivity index (χ0v) is 14.6. The average Bonchev–Trinajstić information content (AvgIpc) is 3.12. The number of methoxy groups -OCH3 is 2. The van der Waals surface area contributed by atoms with Gasteiger partial charge in [-0.1, -0.05) is 17.3 Å². The molecule has 0 saturated carbocycles. The highest BCUT2D eigenvalue weighted by Gasteiger charge is 2.16. The average molecular weight is 366 g/mol. The second-order valence-corrected chi connectivity index (χ2v) is 5.63. The zero-order chi connectivity index (χ0) is 18.8. The summed E-state index contributed by atoms with van der Waals surface area (Å²) in [7, 11) is 3.04. The van der Waals surface area contributed by atoms with E-state index >= 15 is 0 Å². The molecule has 0 aliphatic carbocycles. The second-order valence-electron chi connectivity index (χ2n) is 5.63. The van der Waals surface area contributed by atoms with Crippen molar-refractivity contribution in [3.8, 4) is 34.4 Å². The molecule has 136 valence electrons. The van der Waals surface area contributed by atoms with Gasteiger partial charge >= 0.3 is 0 Å². The molecule has 0 amide bonds. The van der Waals surface area contributed by atoms with Gasteiger partial charge in [0.05, 0.1) is 19.6 Å². The van der Waals surface area contributed by atoms with Crippen molar-refractivity contribution >= 4 is 11.1 Å². The smallest absolute Gasteiger partial charge is 0.261 e. The van der Waals surface area contributed by atoms with Gasteiger partial charge in [0.25, 0.3) is 5.71 Å². The summed E-state index contributed by atoms with van der Waals surface area (Å²) in [5.41, 5.74) is 1.74. The van der Waals surface area contributed by atoms with Crippen LogP contribution in [0.2, 0.25) is 0 Å². The van der Waals surface area contributed by atoms with Gasteiger partial charge in [0.15, 0.2) is 11.5 Å². The number of hydrogen-bond acceptors (Lipinski definition) is 6. The summed E-state index contributed by atoms with van der Waals surface area (Å²) in [5.74, 6) is 1.15. The zero-order valence-electron chi connectivity index (χ0n) is 14.6. The van der Waals surface area contributed by atoms with Crippen molar-refractivity contribution in [1.82, 2.24) is 10.1 Å². The Kier molecular flexibility index (Phi) is 4.33. The molecule has 7 heteroatoms. The lowest BCUT2D eigenvalue weighted by Gasteiger charge is -2.09. The van der Waals surface area contributed by atoms with E-state index in [1.165, 1.54) is 25.3 Å². The van der Waals surface area contributed by atoms with Crippen LogP contribution in [0.3, 0.4) is 0 Å². The van der Waals surface area contributed by atoms with Gasteiger partial charge in [-0.3, -0.25) is 0 Å². The van der Waals surface area contributed by atoms with Crippen LogP contribution in [0, 0.1) is 5.82 Å². The number of halogens is 1. The Labute approximate surface area is 154 Å². The van der Waals surface area contributed by atoms with Crippen LogP contribution in [0.5, 0.6) is 23.1 Å². The van der Waals surface area contributed by atoms with Crippen LogP contribution in [-0.2, 0) is 0 Å². The lowest BCUT2D eigenvalue weighted by atomic mass is 10.1. The number of pyridine rings is 1. The first-order chi connectivity index (χ1) is 13.2. The minimum absolute atomic E-state index is 0.268. The summed E-state index contributed by atoms with van der Waals surface area (Å²) < 4.78 is 34.9. The monoisotopic (exact) mass is 366 g/mol. The molecule has 2 aromatic carbocycles. The van der Waals surface area contributed by atoms with Gasteiger partial charge in [-0.25, -0.2) is 4.39 Å². The fraction of sp³-hybridized carbons (Fsp3) is 0.100. The third-order valence-electron chi connectivity index (χ3n) is 4.02. The van der Waals surface area contributed by atoms with Crippen molar-refractivity contribution in [3.05, 3.63) is 60.4 Å². The lowest BCUT2D eigenvalue weighted by molar-refractivity contribution is 0.370. The van der Waals surface area contributed by atoms with E-state index in [0.29, 0.717) is 22.9 Å². The van der Waals surface area contributed by atoms with Gasteiger partial charge in [0, 0.05) is 17.7 Å². The Morgan fingerprint density at radius 3 is 2.52 bits per heavy atom. The van der Waals surface area contributed by atoms with Crippen LogP contribution in [0.4, 0.5) is 4.39 Å². The van der Waals surface area contributed by atoms with Crippen molar-refractivity contribution in [3.63, 3.8) is 0 Å². The van der Waals surface area contributed by atoms with Gasteiger partial charge < -0.3 is 18.7 Å². The first-order valence-electron chi connectivity index (χ1n) is 8.11. The third kappa shape index (κ3) is 3.15. The SMILES string of the molecule is COc1cc(F)ccc1Oc1ccc2c(-c3ccccc3OC)noc2n1. The number of nitrogens with zero attached hydrogens (tertiary/aromatic N) is 2. The maximum atomic E-state index is 13.3. The summed E-state index contributed by atoms with van der Waals surface area (Å²) in [6.45, 7) is 0. The molecule has 2 aromatic heterocycles. The number of hydrogen-bond donors (Lipinski definition) is 0. The molecule has 0 atom stereocenters. The highest BCUT2D eigenvalue weighted by Crippen LogP contribution is 2.36. The molecule has 0 N–H and O–H groups in total. The Morgan fingerprint density at radius 1 is 0.889 bits per heavy atom. The first kappa shape index (κ1) is 16.8.